The molecule has 0 bridgehead atoms. The number of anilines is 1. The molecule has 6 nitrogen and oxygen atoms in total. The van der Waals surface area contributed by atoms with Crippen LogP contribution < -0.4 is 5.73 Å². The molecule has 0 aromatic carbocycles. The molecule has 4 rings (SSSR count). The van der Waals surface area contributed by atoms with Crippen molar-refractivity contribution in [3.05, 3.63) is 29.9 Å². The number of rotatable bonds is 3. The second kappa shape index (κ2) is 5.86. The summed E-state index contributed by atoms with van der Waals surface area (Å²) in [5.41, 5.74) is 7.28. The van der Waals surface area contributed by atoms with Crippen LogP contribution in [0.25, 0.3) is 11.2 Å². The third-order valence-corrected chi connectivity index (χ3v) is 7.80. The molecule has 1 saturated carbocycles. The van der Waals surface area contributed by atoms with E-state index in [-0.39, 0.29) is 21.0 Å². The van der Waals surface area contributed by atoms with Gasteiger partial charge < -0.3 is 10.3 Å². The number of sulfone groups is 1. The summed E-state index contributed by atoms with van der Waals surface area (Å²) in [7, 11) is -3.70. The number of nitrogen functional groups attached to an aromatic ring is 1. The van der Waals surface area contributed by atoms with Gasteiger partial charge in [-0.3, -0.25) is 0 Å². The van der Waals surface area contributed by atoms with Crippen molar-refractivity contribution >= 4 is 38.2 Å². The Kier molecular flexibility index (Phi) is 3.80. The maximum atomic E-state index is 13.1. The standard InChI is InChI=1S/C16H18N4O2S2/c17-15-14(24(21,22)12-7-4-10-23-12)13-16(19-9-8-18-13)20(15)11-5-2-1-3-6-11/h4,7-11H,1-3,5-6,17H2. The van der Waals surface area contributed by atoms with Gasteiger partial charge in [-0.25, -0.2) is 18.4 Å². The Bertz CT molecular complexity index is 971. The second-order valence-corrected chi connectivity index (χ2v) is 9.10. The minimum Gasteiger partial charge on any atom is -0.384 e. The number of hydrogen-bond acceptors (Lipinski definition) is 6. The van der Waals surface area contributed by atoms with Gasteiger partial charge in [0, 0.05) is 18.4 Å². The van der Waals surface area contributed by atoms with E-state index in [1.807, 2.05) is 4.57 Å². The average molecular weight is 362 g/mol. The molecule has 1 aliphatic rings. The topological polar surface area (TPSA) is 90.9 Å². The highest BCUT2D eigenvalue weighted by atomic mass is 32.2. The fourth-order valence-electron chi connectivity index (χ4n) is 3.50. The number of aromatic nitrogens is 3. The lowest BCUT2D eigenvalue weighted by Crippen LogP contribution is -2.16. The number of thiophene rings is 1. The molecule has 2 N–H and O–H groups in total. The largest absolute Gasteiger partial charge is 0.384 e. The molecule has 3 aromatic heterocycles. The fraction of sp³-hybridized carbons (Fsp3) is 0.375. The molecule has 0 amide bonds. The molecule has 0 radical (unpaired) electrons. The van der Waals surface area contributed by atoms with Gasteiger partial charge in [0.05, 0.1) is 0 Å². The minimum atomic E-state index is -3.70. The first-order valence-electron chi connectivity index (χ1n) is 7.99. The molecule has 8 heteroatoms. The maximum Gasteiger partial charge on any atom is 0.221 e. The van der Waals surface area contributed by atoms with Crippen LogP contribution >= 0.6 is 11.3 Å². The van der Waals surface area contributed by atoms with Crippen LogP contribution in [-0.4, -0.2) is 23.0 Å². The van der Waals surface area contributed by atoms with Gasteiger partial charge in [-0.05, 0) is 24.3 Å². The summed E-state index contributed by atoms with van der Waals surface area (Å²) in [4.78, 5) is 8.78. The molecule has 1 aliphatic carbocycles. The van der Waals surface area contributed by atoms with E-state index in [0.29, 0.717) is 11.2 Å². The van der Waals surface area contributed by atoms with E-state index in [0.717, 1.165) is 25.7 Å². The summed E-state index contributed by atoms with van der Waals surface area (Å²) in [5, 5.41) is 1.75. The maximum absolute atomic E-state index is 13.1. The lowest BCUT2D eigenvalue weighted by Gasteiger charge is -2.24. The van der Waals surface area contributed by atoms with Gasteiger partial charge in [-0.15, -0.1) is 11.3 Å². The van der Waals surface area contributed by atoms with Gasteiger partial charge in [-0.1, -0.05) is 25.3 Å². The first kappa shape index (κ1) is 15.6. The molecular weight excluding hydrogens is 344 g/mol. The Hall–Kier alpha value is -1.93. The molecule has 0 atom stereocenters. The van der Waals surface area contributed by atoms with E-state index in [2.05, 4.69) is 9.97 Å². The Morgan fingerprint density at radius 1 is 1.17 bits per heavy atom. The molecule has 1 fully saturated rings. The number of hydrogen-bond donors (Lipinski definition) is 1. The zero-order valence-electron chi connectivity index (χ0n) is 13.1. The van der Waals surface area contributed by atoms with Crippen LogP contribution in [0.2, 0.25) is 0 Å². The molecule has 0 aliphatic heterocycles. The van der Waals surface area contributed by atoms with Gasteiger partial charge in [0.15, 0.2) is 5.65 Å². The van der Waals surface area contributed by atoms with Crippen molar-refractivity contribution < 1.29 is 8.42 Å². The van der Waals surface area contributed by atoms with E-state index in [9.17, 15) is 8.42 Å². The first-order valence-corrected chi connectivity index (χ1v) is 10.4. The van der Waals surface area contributed by atoms with Crippen molar-refractivity contribution in [2.75, 3.05) is 5.73 Å². The van der Waals surface area contributed by atoms with Gasteiger partial charge in [0.2, 0.25) is 9.84 Å². The fourth-order valence-corrected chi connectivity index (χ4v) is 6.11. The SMILES string of the molecule is Nc1c(S(=O)(=O)c2cccs2)c2nccnc2n1C1CCCCC1. The highest BCUT2D eigenvalue weighted by molar-refractivity contribution is 7.93. The summed E-state index contributed by atoms with van der Waals surface area (Å²) in [5.74, 6) is 0.261. The zero-order valence-corrected chi connectivity index (χ0v) is 14.7. The highest BCUT2D eigenvalue weighted by Gasteiger charge is 2.32. The number of fused-ring (bicyclic) bond motifs is 1. The average Bonchev–Trinajstić information content (AvgIpc) is 3.21. The van der Waals surface area contributed by atoms with Gasteiger partial charge in [0.25, 0.3) is 0 Å². The van der Waals surface area contributed by atoms with Crippen molar-refractivity contribution in [1.82, 2.24) is 14.5 Å². The van der Waals surface area contributed by atoms with Crippen LogP contribution in [0, 0.1) is 0 Å². The summed E-state index contributed by atoms with van der Waals surface area (Å²) in [6.45, 7) is 0. The van der Waals surface area contributed by atoms with Crippen molar-refractivity contribution in [1.29, 1.82) is 0 Å². The Labute approximate surface area is 144 Å². The van der Waals surface area contributed by atoms with Crippen LogP contribution in [0.4, 0.5) is 5.82 Å². The molecule has 0 unspecified atom stereocenters. The van der Waals surface area contributed by atoms with Crippen molar-refractivity contribution in [3.63, 3.8) is 0 Å². The van der Waals surface area contributed by atoms with E-state index in [1.165, 1.54) is 24.0 Å². The Morgan fingerprint density at radius 2 is 1.92 bits per heavy atom. The van der Waals surface area contributed by atoms with Gasteiger partial charge in [-0.2, -0.15) is 0 Å². The molecule has 3 aromatic rings. The van der Waals surface area contributed by atoms with Crippen LogP contribution in [0.3, 0.4) is 0 Å². The smallest absolute Gasteiger partial charge is 0.221 e. The summed E-state index contributed by atoms with van der Waals surface area (Å²) >= 11 is 1.19. The quantitative estimate of drug-likeness (QED) is 0.771. The normalized spacial score (nSPS) is 16.7. The lowest BCUT2D eigenvalue weighted by molar-refractivity contribution is 0.362. The third-order valence-electron chi connectivity index (χ3n) is 4.58. The van der Waals surface area contributed by atoms with Gasteiger partial charge in [0.1, 0.15) is 20.4 Å². The predicted molar refractivity (Wildman–Crippen MR) is 93.8 cm³/mol. The summed E-state index contributed by atoms with van der Waals surface area (Å²) in [6, 6.07) is 3.50. The van der Waals surface area contributed by atoms with Crippen LogP contribution in [0.15, 0.2) is 39.0 Å². The molecule has 0 saturated heterocycles. The van der Waals surface area contributed by atoms with Crippen LogP contribution in [0.5, 0.6) is 0 Å². The van der Waals surface area contributed by atoms with Gasteiger partial charge >= 0.3 is 0 Å². The minimum absolute atomic E-state index is 0.0959. The summed E-state index contributed by atoms with van der Waals surface area (Å²) in [6.07, 6.45) is 8.53. The number of nitrogens with zero attached hydrogens (tertiary/aromatic N) is 3. The molecule has 0 spiro atoms. The molecular formula is C16H18N4O2S2. The first-order chi connectivity index (χ1) is 11.6. The predicted octanol–water partition coefficient (Wildman–Crippen LogP) is 3.41. The van der Waals surface area contributed by atoms with Crippen molar-refractivity contribution in [2.24, 2.45) is 0 Å². The monoisotopic (exact) mass is 362 g/mol. The molecule has 24 heavy (non-hydrogen) atoms. The van der Waals surface area contributed by atoms with Crippen molar-refractivity contribution in [3.8, 4) is 0 Å². The van der Waals surface area contributed by atoms with E-state index in [1.54, 1.807) is 23.7 Å². The Balaban J connectivity index is 1.99. The van der Waals surface area contributed by atoms with Crippen LogP contribution in [0.1, 0.15) is 38.1 Å². The molecule has 3 heterocycles. The van der Waals surface area contributed by atoms with Crippen molar-refractivity contribution in [2.45, 2.75) is 47.3 Å². The zero-order chi connectivity index (χ0) is 16.7. The molecule has 126 valence electrons. The van der Waals surface area contributed by atoms with Crippen LogP contribution in [-0.2, 0) is 9.84 Å². The van der Waals surface area contributed by atoms with E-state index >= 15 is 0 Å². The highest BCUT2D eigenvalue weighted by Crippen LogP contribution is 2.40. The Morgan fingerprint density at radius 3 is 2.62 bits per heavy atom. The van der Waals surface area contributed by atoms with E-state index in [4.69, 9.17) is 5.73 Å². The summed E-state index contributed by atoms with van der Waals surface area (Å²) < 4.78 is 28.3. The number of nitrogens with two attached hydrogens (primary N) is 1. The second-order valence-electron chi connectivity index (χ2n) is 6.04. The third kappa shape index (κ3) is 2.32. The lowest BCUT2D eigenvalue weighted by atomic mass is 9.95. The van der Waals surface area contributed by atoms with E-state index < -0.39 is 9.84 Å².